The SMILES string of the molecule is CCOC(=O)C=Cc1cnn(C2(Cl)C=CNC(N)=N2)c1CC. The van der Waals surface area contributed by atoms with Crippen LogP contribution in [0.5, 0.6) is 0 Å². The van der Waals surface area contributed by atoms with Crippen LogP contribution in [0, 0.1) is 0 Å². The number of guanidine groups is 1. The van der Waals surface area contributed by atoms with Crippen molar-refractivity contribution in [3.05, 3.63) is 35.8 Å². The number of ether oxygens (including phenoxy) is 1. The average molecular weight is 324 g/mol. The van der Waals surface area contributed by atoms with Crippen LogP contribution < -0.4 is 11.1 Å². The second-order valence-corrected chi connectivity index (χ2v) is 5.06. The molecule has 0 fully saturated rings. The molecule has 1 aromatic rings. The number of esters is 1. The third-order valence-corrected chi connectivity index (χ3v) is 3.39. The molecule has 0 aromatic carbocycles. The summed E-state index contributed by atoms with van der Waals surface area (Å²) in [7, 11) is 0. The minimum absolute atomic E-state index is 0.207. The zero-order valence-corrected chi connectivity index (χ0v) is 13.2. The van der Waals surface area contributed by atoms with E-state index >= 15 is 0 Å². The fourth-order valence-corrected chi connectivity index (χ4v) is 2.39. The van der Waals surface area contributed by atoms with Crippen LogP contribution in [-0.4, -0.2) is 28.3 Å². The van der Waals surface area contributed by atoms with Gasteiger partial charge in [-0.15, -0.1) is 0 Å². The molecule has 7 nitrogen and oxygen atoms in total. The van der Waals surface area contributed by atoms with Gasteiger partial charge < -0.3 is 15.8 Å². The molecule has 0 saturated heterocycles. The quantitative estimate of drug-likeness (QED) is 0.368. The molecule has 0 bridgehead atoms. The van der Waals surface area contributed by atoms with Gasteiger partial charge in [0.25, 0.3) is 5.12 Å². The van der Waals surface area contributed by atoms with E-state index in [1.807, 2.05) is 6.92 Å². The lowest BCUT2D eigenvalue weighted by Gasteiger charge is -2.25. The number of hydrogen-bond donors (Lipinski definition) is 2. The van der Waals surface area contributed by atoms with E-state index in [-0.39, 0.29) is 5.96 Å². The van der Waals surface area contributed by atoms with E-state index in [4.69, 9.17) is 22.1 Å². The Morgan fingerprint density at radius 3 is 3.00 bits per heavy atom. The maximum absolute atomic E-state index is 11.4. The molecule has 0 aliphatic carbocycles. The third-order valence-electron chi connectivity index (χ3n) is 3.02. The molecule has 1 aromatic heterocycles. The molecular formula is C14H18ClN5O2. The number of aromatic nitrogens is 2. The van der Waals surface area contributed by atoms with Crippen molar-refractivity contribution in [2.24, 2.45) is 10.7 Å². The standard InChI is InChI=1S/C14H18ClN5O2/c1-3-11-10(5-6-12(21)22-4-2)9-18-20(11)14(15)7-8-17-13(16)19-14/h5-9H,3-4H2,1-2H3,(H3,16,17,19). The van der Waals surface area contributed by atoms with Crippen LogP contribution in [0.15, 0.2) is 29.5 Å². The number of alkyl halides is 1. The van der Waals surface area contributed by atoms with Crippen molar-refractivity contribution in [1.82, 2.24) is 15.1 Å². The topological polar surface area (TPSA) is 94.5 Å². The molecule has 1 unspecified atom stereocenters. The van der Waals surface area contributed by atoms with Gasteiger partial charge in [-0.3, -0.25) is 0 Å². The highest BCUT2D eigenvalue weighted by Crippen LogP contribution is 2.30. The van der Waals surface area contributed by atoms with Gasteiger partial charge in [-0.05, 0) is 25.5 Å². The van der Waals surface area contributed by atoms with Gasteiger partial charge in [0.05, 0.1) is 12.8 Å². The Morgan fingerprint density at radius 2 is 2.36 bits per heavy atom. The largest absolute Gasteiger partial charge is 0.463 e. The lowest BCUT2D eigenvalue weighted by Crippen LogP contribution is -2.38. The highest BCUT2D eigenvalue weighted by atomic mass is 35.5. The number of nitrogens with two attached hydrogens (primary N) is 1. The van der Waals surface area contributed by atoms with E-state index < -0.39 is 11.1 Å². The number of aliphatic imine (C=N–C) groups is 1. The average Bonchev–Trinajstić information content (AvgIpc) is 2.89. The van der Waals surface area contributed by atoms with Crippen molar-refractivity contribution in [2.45, 2.75) is 25.4 Å². The van der Waals surface area contributed by atoms with Crippen molar-refractivity contribution in [3.8, 4) is 0 Å². The van der Waals surface area contributed by atoms with Crippen molar-refractivity contribution in [1.29, 1.82) is 0 Å². The Morgan fingerprint density at radius 1 is 1.59 bits per heavy atom. The van der Waals surface area contributed by atoms with Gasteiger partial charge in [0.2, 0.25) is 0 Å². The van der Waals surface area contributed by atoms with Crippen molar-refractivity contribution < 1.29 is 9.53 Å². The van der Waals surface area contributed by atoms with Crippen molar-refractivity contribution in [2.75, 3.05) is 6.61 Å². The third kappa shape index (κ3) is 3.30. The normalized spacial score (nSPS) is 20.8. The van der Waals surface area contributed by atoms with Gasteiger partial charge >= 0.3 is 5.97 Å². The number of carbonyl (C=O) groups excluding carboxylic acids is 1. The van der Waals surface area contributed by atoms with Gasteiger partial charge in [-0.25, -0.2) is 14.5 Å². The summed E-state index contributed by atoms with van der Waals surface area (Å²) >= 11 is 6.50. The van der Waals surface area contributed by atoms with Crippen molar-refractivity contribution >= 4 is 29.6 Å². The molecule has 0 amide bonds. The van der Waals surface area contributed by atoms with Crippen LogP contribution in [0.4, 0.5) is 0 Å². The Kier molecular flexibility index (Phi) is 4.87. The van der Waals surface area contributed by atoms with Gasteiger partial charge in [-0.1, -0.05) is 18.5 Å². The predicted octanol–water partition coefficient (Wildman–Crippen LogP) is 1.30. The minimum Gasteiger partial charge on any atom is -0.463 e. The van der Waals surface area contributed by atoms with E-state index in [9.17, 15) is 4.79 Å². The molecule has 0 radical (unpaired) electrons. The van der Waals surface area contributed by atoms with Gasteiger partial charge in [0, 0.05) is 23.5 Å². The fourth-order valence-electron chi connectivity index (χ4n) is 2.09. The second kappa shape index (κ2) is 6.65. The Labute approximate surface area is 133 Å². The van der Waals surface area contributed by atoms with Crippen LogP contribution in [0.25, 0.3) is 6.08 Å². The molecule has 8 heteroatoms. The first-order valence-corrected chi connectivity index (χ1v) is 7.28. The zero-order chi connectivity index (χ0) is 16.2. The van der Waals surface area contributed by atoms with Crippen LogP contribution in [0.2, 0.25) is 0 Å². The van der Waals surface area contributed by atoms with E-state index in [2.05, 4.69) is 15.4 Å². The maximum Gasteiger partial charge on any atom is 0.330 e. The highest BCUT2D eigenvalue weighted by Gasteiger charge is 2.31. The summed E-state index contributed by atoms with van der Waals surface area (Å²) in [5.41, 5.74) is 7.27. The molecular weight excluding hydrogens is 306 g/mol. The van der Waals surface area contributed by atoms with Crippen LogP contribution in [0.3, 0.4) is 0 Å². The maximum atomic E-state index is 11.4. The summed E-state index contributed by atoms with van der Waals surface area (Å²) in [5, 5.41) is 5.82. The molecule has 1 aliphatic rings. The molecule has 1 atom stereocenters. The Hall–Kier alpha value is -2.28. The lowest BCUT2D eigenvalue weighted by atomic mass is 10.2. The molecule has 118 valence electrons. The number of carbonyl (C=O) groups is 1. The van der Waals surface area contributed by atoms with Gasteiger partial charge in [0.1, 0.15) is 0 Å². The summed E-state index contributed by atoms with van der Waals surface area (Å²) in [6, 6.07) is 0. The molecule has 1 aliphatic heterocycles. The molecule has 2 heterocycles. The van der Waals surface area contributed by atoms with E-state index in [1.54, 1.807) is 36.2 Å². The summed E-state index contributed by atoms with van der Waals surface area (Å²) in [6.45, 7) is 4.05. The molecule has 0 saturated carbocycles. The first-order valence-electron chi connectivity index (χ1n) is 6.91. The smallest absolute Gasteiger partial charge is 0.330 e. The highest BCUT2D eigenvalue weighted by molar-refractivity contribution is 6.24. The first kappa shape index (κ1) is 16.1. The molecule has 2 rings (SSSR count). The number of nitrogens with zero attached hydrogens (tertiary/aromatic N) is 3. The Bertz CT molecular complexity index is 650. The summed E-state index contributed by atoms with van der Waals surface area (Å²) in [5.74, 6) is -0.194. The summed E-state index contributed by atoms with van der Waals surface area (Å²) < 4.78 is 6.43. The van der Waals surface area contributed by atoms with Crippen LogP contribution in [0.1, 0.15) is 25.1 Å². The monoisotopic (exact) mass is 323 g/mol. The second-order valence-electron chi connectivity index (χ2n) is 4.51. The lowest BCUT2D eigenvalue weighted by molar-refractivity contribution is -0.137. The molecule has 3 N–H and O–H groups in total. The summed E-state index contributed by atoms with van der Waals surface area (Å²) in [4.78, 5) is 15.6. The van der Waals surface area contributed by atoms with Crippen LogP contribution >= 0.6 is 11.6 Å². The molecule has 22 heavy (non-hydrogen) atoms. The number of nitrogens with one attached hydrogen (secondary N) is 1. The minimum atomic E-state index is -1.21. The number of halogens is 1. The van der Waals surface area contributed by atoms with E-state index in [1.165, 1.54) is 6.08 Å². The predicted molar refractivity (Wildman–Crippen MR) is 85.0 cm³/mol. The fraction of sp³-hybridized carbons (Fsp3) is 0.357. The van der Waals surface area contributed by atoms with E-state index in [0.29, 0.717) is 13.0 Å². The first-order chi connectivity index (χ1) is 10.5. The summed E-state index contributed by atoms with van der Waals surface area (Å²) in [6.07, 6.45) is 8.56. The molecule has 0 spiro atoms. The Balaban J connectivity index is 2.34. The zero-order valence-electron chi connectivity index (χ0n) is 12.4. The van der Waals surface area contributed by atoms with Gasteiger partial charge in [-0.2, -0.15) is 5.10 Å². The van der Waals surface area contributed by atoms with Crippen molar-refractivity contribution in [3.63, 3.8) is 0 Å². The van der Waals surface area contributed by atoms with E-state index in [0.717, 1.165) is 11.3 Å². The van der Waals surface area contributed by atoms with Crippen LogP contribution in [-0.2, 0) is 21.1 Å². The number of rotatable bonds is 5. The number of hydrogen-bond acceptors (Lipinski definition) is 6. The van der Waals surface area contributed by atoms with Gasteiger partial charge in [0.15, 0.2) is 5.96 Å².